The number of nitrogens with one attached hydrogen (secondary N) is 1. The molecule has 0 unspecified atom stereocenters. The summed E-state index contributed by atoms with van der Waals surface area (Å²) in [5, 5.41) is 15.9. The van der Waals surface area contributed by atoms with Crippen LogP contribution >= 0.6 is 22.9 Å². The number of aliphatic hydroxyl groups is 1. The highest BCUT2D eigenvalue weighted by molar-refractivity contribution is 7.07. The highest BCUT2D eigenvalue weighted by atomic mass is 35.5. The van der Waals surface area contributed by atoms with Gasteiger partial charge in [0.25, 0.3) is 11.8 Å². The van der Waals surface area contributed by atoms with E-state index in [2.05, 4.69) is 5.32 Å². The number of thiophene rings is 1. The first-order chi connectivity index (χ1) is 13.7. The molecule has 0 aliphatic rings. The van der Waals surface area contributed by atoms with Crippen molar-refractivity contribution in [2.75, 3.05) is 13.7 Å². The van der Waals surface area contributed by atoms with E-state index in [0.717, 1.165) is 17.7 Å². The number of hydrogen-bond acceptors (Lipinski definition) is 6. The summed E-state index contributed by atoms with van der Waals surface area (Å²) >= 11 is 7.26. The molecule has 2 atom stereocenters. The van der Waals surface area contributed by atoms with Crippen LogP contribution in [0.5, 0.6) is 0 Å². The van der Waals surface area contributed by atoms with Gasteiger partial charge in [-0.1, -0.05) is 11.6 Å². The number of benzene rings is 1. The number of rotatable bonds is 8. The van der Waals surface area contributed by atoms with Crippen LogP contribution in [-0.4, -0.2) is 53.6 Å². The number of carbonyl (C=O) groups excluding carboxylic acids is 3. The molecule has 156 valence electrons. The van der Waals surface area contributed by atoms with Gasteiger partial charge in [0, 0.05) is 18.6 Å². The molecule has 0 saturated heterocycles. The van der Waals surface area contributed by atoms with Crippen LogP contribution in [0.25, 0.3) is 0 Å². The van der Waals surface area contributed by atoms with Gasteiger partial charge < -0.3 is 20.1 Å². The largest absolute Gasteiger partial charge is 0.454 e. The average molecular weight is 443 g/mol. The Labute approximate surface area is 176 Å². The van der Waals surface area contributed by atoms with E-state index in [1.807, 2.05) is 16.8 Å². The molecule has 1 heterocycles. The number of likely N-dealkylation sites (N-methyl/N-ethyl adjacent to an activating group) is 1. The first-order valence-electron chi connectivity index (χ1n) is 8.54. The molecule has 7 nitrogen and oxygen atoms in total. The summed E-state index contributed by atoms with van der Waals surface area (Å²) in [6.07, 6.45) is -1.34. The van der Waals surface area contributed by atoms with Crippen LogP contribution in [0.1, 0.15) is 22.8 Å². The molecule has 1 aromatic heterocycles. The van der Waals surface area contributed by atoms with Gasteiger partial charge in [-0.25, -0.2) is 9.18 Å². The fourth-order valence-corrected chi connectivity index (χ4v) is 3.18. The zero-order valence-electron chi connectivity index (χ0n) is 15.7. The van der Waals surface area contributed by atoms with E-state index in [1.165, 1.54) is 29.2 Å². The molecule has 0 radical (unpaired) electrons. The molecule has 2 aromatic rings. The molecule has 2 rings (SSSR count). The summed E-state index contributed by atoms with van der Waals surface area (Å²) in [4.78, 5) is 38.0. The van der Waals surface area contributed by atoms with Crippen LogP contribution in [0.4, 0.5) is 4.39 Å². The lowest BCUT2D eigenvalue weighted by molar-refractivity contribution is -0.155. The third-order valence-electron chi connectivity index (χ3n) is 3.96. The van der Waals surface area contributed by atoms with Gasteiger partial charge in [0.1, 0.15) is 5.82 Å². The molecular weight excluding hydrogens is 423 g/mol. The lowest BCUT2D eigenvalue weighted by Crippen LogP contribution is -2.49. The maximum atomic E-state index is 13.8. The monoisotopic (exact) mass is 442 g/mol. The van der Waals surface area contributed by atoms with Gasteiger partial charge >= 0.3 is 5.97 Å². The van der Waals surface area contributed by atoms with Gasteiger partial charge in [-0.2, -0.15) is 11.3 Å². The Morgan fingerprint density at radius 2 is 2.07 bits per heavy atom. The fraction of sp³-hybridized carbons (Fsp3) is 0.316. The second-order valence-corrected chi connectivity index (χ2v) is 7.52. The Kier molecular flexibility index (Phi) is 8.12. The van der Waals surface area contributed by atoms with Gasteiger partial charge in [-0.3, -0.25) is 9.59 Å². The average Bonchev–Trinajstić information content (AvgIpc) is 3.18. The Balaban J connectivity index is 1.95. The third kappa shape index (κ3) is 6.52. The molecule has 0 aliphatic carbocycles. The molecular formula is C19H20ClFN2O5S. The zero-order chi connectivity index (χ0) is 21.6. The number of esters is 1. The predicted octanol–water partition coefficient (Wildman–Crippen LogP) is 2.22. The van der Waals surface area contributed by atoms with Crippen molar-refractivity contribution in [1.29, 1.82) is 0 Å². The molecule has 0 spiro atoms. The van der Waals surface area contributed by atoms with E-state index in [-0.39, 0.29) is 10.6 Å². The molecule has 0 aliphatic heterocycles. The summed E-state index contributed by atoms with van der Waals surface area (Å²) in [7, 11) is 1.56. The first-order valence-corrected chi connectivity index (χ1v) is 9.86. The summed E-state index contributed by atoms with van der Waals surface area (Å²) < 4.78 is 18.8. The Morgan fingerprint density at radius 1 is 1.34 bits per heavy atom. The second-order valence-electron chi connectivity index (χ2n) is 6.31. The van der Waals surface area contributed by atoms with E-state index in [0.29, 0.717) is 6.54 Å². The number of carbonyl (C=O) groups is 3. The topological polar surface area (TPSA) is 95.9 Å². The number of hydrogen-bond donors (Lipinski definition) is 2. The van der Waals surface area contributed by atoms with Crippen molar-refractivity contribution in [2.45, 2.75) is 25.6 Å². The third-order valence-corrected chi connectivity index (χ3v) is 4.93. The van der Waals surface area contributed by atoms with Crippen LogP contribution in [0.15, 0.2) is 35.0 Å². The molecule has 0 saturated carbocycles. The minimum atomic E-state index is -1.49. The highest BCUT2D eigenvalue weighted by Gasteiger charge is 2.29. The molecule has 0 fully saturated rings. The van der Waals surface area contributed by atoms with E-state index in [4.69, 9.17) is 16.3 Å². The van der Waals surface area contributed by atoms with Crippen LogP contribution in [-0.2, 0) is 20.9 Å². The van der Waals surface area contributed by atoms with Crippen molar-refractivity contribution in [1.82, 2.24) is 10.2 Å². The number of aliphatic hydroxyl groups excluding tert-OH is 1. The molecule has 0 bridgehead atoms. The van der Waals surface area contributed by atoms with Crippen LogP contribution in [0, 0.1) is 5.82 Å². The zero-order valence-corrected chi connectivity index (χ0v) is 17.3. The molecule has 2 N–H and O–H groups in total. The van der Waals surface area contributed by atoms with Crippen molar-refractivity contribution >= 4 is 40.7 Å². The minimum absolute atomic E-state index is 0.131. The van der Waals surface area contributed by atoms with Crippen LogP contribution in [0.3, 0.4) is 0 Å². The van der Waals surface area contributed by atoms with Crippen molar-refractivity contribution in [2.24, 2.45) is 0 Å². The fourth-order valence-electron chi connectivity index (χ4n) is 2.34. The smallest absolute Gasteiger partial charge is 0.331 e. The second kappa shape index (κ2) is 10.3. The first kappa shape index (κ1) is 22.8. The Morgan fingerprint density at radius 3 is 2.69 bits per heavy atom. The van der Waals surface area contributed by atoms with Gasteiger partial charge in [-0.05, 0) is 47.5 Å². The number of ether oxygens (including phenoxy) is 1. The number of nitrogens with zero attached hydrogens (tertiary/aromatic N) is 1. The standard InChI is InChI=1S/C19H20ClFN2O5S/c1-11(24)17(22-18(26)14-7-13(20)3-4-15(14)21)19(27)28-9-16(25)23(2)8-12-5-6-29-10-12/h3-7,10-11,17,24H,8-9H2,1-2H3,(H,22,26)/t11-,17+/m0/s1. The molecule has 1 aromatic carbocycles. The number of halogens is 2. The summed E-state index contributed by atoms with van der Waals surface area (Å²) in [6.45, 7) is 1.04. The highest BCUT2D eigenvalue weighted by Crippen LogP contribution is 2.15. The summed E-state index contributed by atoms with van der Waals surface area (Å²) in [6, 6.07) is 3.76. The van der Waals surface area contributed by atoms with Crippen molar-refractivity contribution < 1.29 is 28.6 Å². The van der Waals surface area contributed by atoms with Crippen molar-refractivity contribution in [3.05, 3.63) is 57.0 Å². The van der Waals surface area contributed by atoms with Crippen molar-refractivity contribution in [3.63, 3.8) is 0 Å². The lowest BCUT2D eigenvalue weighted by Gasteiger charge is -2.21. The predicted molar refractivity (Wildman–Crippen MR) is 106 cm³/mol. The Bertz CT molecular complexity index is 875. The van der Waals surface area contributed by atoms with Crippen LogP contribution < -0.4 is 5.32 Å². The minimum Gasteiger partial charge on any atom is -0.454 e. The summed E-state index contributed by atoms with van der Waals surface area (Å²) in [5.41, 5.74) is 0.553. The molecule has 10 heteroatoms. The SMILES string of the molecule is C[C@H](O)[C@@H](NC(=O)c1cc(Cl)ccc1F)C(=O)OCC(=O)N(C)Cc1ccsc1. The number of amides is 2. The van der Waals surface area contributed by atoms with Gasteiger partial charge in [0.05, 0.1) is 11.7 Å². The van der Waals surface area contributed by atoms with Gasteiger partial charge in [0.2, 0.25) is 0 Å². The van der Waals surface area contributed by atoms with E-state index in [9.17, 15) is 23.9 Å². The maximum Gasteiger partial charge on any atom is 0.331 e. The summed E-state index contributed by atoms with van der Waals surface area (Å²) in [5.74, 6) is -3.27. The van der Waals surface area contributed by atoms with Crippen LogP contribution in [0.2, 0.25) is 5.02 Å². The normalized spacial score (nSPS) is 12.7. The molecule has 29 heavy (non-hydrogen) atoms. The molecule has 2 amide bonds. The Hall–Kier alpha value is -2.49. The quantitative estimate of drug-likeness (QED) is 0.611. The van der Waals surface area contributed by atoms with Gasteiger partial charge in [0.15, 0.2) is 12.6 Å². The lowest BCUT2D eigenvalue weighted by atomic mass is 10.1. The van der Waals surface area contributed by atoms with E-state index < -0.39 is 42.4 Å². The van der Waals surface area contributed by atoms with E-state index >= 15 is 0 Å². The van der Waals surface area contributed by atoms with Crippen molar-refractivity contribution in [3.8, 4) is 0 Å². The van der Waals surface area contributed by atoms with Gasteiger partial charge in [-0.15, -0.1) is 0 Å². The van der Waals surface area contributed by atoms with E-state index in [1.54, 1.807) is 7.05 Å². The maximum absolute atomic E-state index is 13.8.